The van der Waals surface area contributed by atoms with E-state index in [-0.39, 0.29) is 0 Å². The number of aromatic nitrogens is 3. The zero-order chi connectivity index (χ0) is 18.7. The highest BCUT2D eigenvalue weighted by molar-refractivity contribution is 7.07. The van der Waals surface area contributed by atoms with Crippen LogP contribution in [-0.2, 0) is 13.1 Å². The molecule has 1 aliphatic rings. The SMILES string of the molecule is CCNC(=NCCCCn1cnnc1)NC1CCN(Cc2ccsc2)CC1. The van der Waals surface area contributed by atoms with E-state index in [1.54, 1.807) is 24.0 Å². The summed E-state index contributed by atoms with van der Waals surface area (Å²) in [5.74, 6) is 0.957. The van der Waals surface area contributed by atoms with Crippen molar-refractivity contribution in [1.82, 2.24) is 30.3 Å². The molecule has 0 amide bonds. The summed E-state index contributed by atoms with van der Waals surface area (Å²) in [5, 5.41) is 19.1. The summed E-state index contributed by atoms with van der Waals surface area (Å²) in [4.78, 5) is 7.30. The lowest BCUT2D eigenvalue weighted by atomic mass is 10.0. The number of nitrogens with one attached hydrogen (secondary N) is 2. The molecule has 2 aromatic rings. The van der Waals surface area contributed by atoms with E-state index in [9.17, 15) is 0 Å². The zero-order valence-corrected chi connectivity index (χ0v) is 17.0. The smallest absolute Gasteiger partial charge is 0.191 e. The van der Waals surface area contributed by atoms with Gasteiger partial charge in [0.1, 0.15) is 12.7 Å². The van der Waals surface area contributed by atoms with Crippen LogP contribution in [0.2, 0.25) is 0 Å². The molecule has 0 aromatic carbocycles. The molecule has 2 N–H and O–H groups in total. The summed E-state index contributed by atoms with van der Waals surface area (Å²) < 4.78 is 2.01. The minimum atomic E-state index is 0.513. The van der Waals surface area contributed by atoms with Crippen LogP contribution >= 0.6 is 11.3 Å². The van der Waals surface area contributed by atoms with Crippen LogP contribution in [0, 0.1) is 0 Å². The Bertz CT molecular complexity index is 646. The first-order valence-electron chi connectivity index (χ1n) is 9.94. The van der Waals surface area contributed by atoms with E-state index < -0.39 is 0 Å². The first-order valence-corrected chi connectivity index (χ1v) is 10.9. The van der Waals surface area contributed by atoms with Gasteiger partial charge in [0.25, 0.3) is 0 Å². The van der Waals surface area contributed by atoms with Gasteiger partial charge in [0.2, 0.25) is 0 Å². The first-order chi connectivity index (χ1) is 13.3. The fraction of sp³-hybridized carbons (Fsp3) is 0.632. The maximum atomic E-state index is 4.75. The molecule has 8 heteroatoms. The van der Waals surface area contributed by atoms with Crippen LogP contribution in [0.5, 0.6) is 0 Å². The Balaban J connectivity index is 1.35. The van der Waals surface area contributed by atoms with Crippen LogP contribution in [0.25, 0.3) is 0 Å². The summed E-state index contributed by atoms with van der Waals surface area (Å²) in [6.45, 7) is 8.17. The van der Waals surface area contributed by atoms with E-state index in [1.807, 2.05) is 4.57 Å². The number of piperidine rings is 1. The van der Waals surface area contributed by atoms with Crippen molar-refractivity contribution in [2.45, 2.75) is 51.7 Å². The van der Waals surface area contributed by atoms with Crippen molar-refractivity contribution >= 4 is 17.3 Å². The van der Waals surface area contributed by atoms with E-state index in [0.29, 0.717) is 6.04 Å². The summed E-state index contributed by atoms with van der Waals surface area (Å²) in [5.41, 5.74) is 1.44. The lowest BCUT2D eigenvalue weighted by Crippen LogP contribution is -2.48. The second kappa shape index (κ2) is 11.0. The number of likely N-dealkylation sites (tertiary alicyclic amines) is 1. The van der Waals surface area contributed by atoms with Crippen LogP contribution < -0.4 is 10.6 Å². The molecule has 1 aliphatic heterocycles. The maximum Gasteiger partial charge on any atom is 0.191 e. The molecule has 3 rings (SSSR count). The number of rotatable bonds is 9. The van der Waals surface area contributed by atoms with E-state index in [2.05, 4.69) is 49.5 Å². The number of hydrogen-bond donors (Lipinski definition) is 2. The second-order valence-corrected chi connectivity index (χ2v) is 7.77. The molecule has 0 aliphatic carbocycles. The fourth-order valence-corrected chi connectivity index (χ4v) is 3.98. The third-order valence-corrected chi connectivity index (χ3v) is 5.55. The van der Waals surface area contributed by atoms with Gasteiger partial charge < -0.3 is 15.2 Å². The van der Waals surface area contributed by atoms with Gasteiger partial charge >= 0.3 is 0 Å². The Kier molecular flexibility index (Phi) is 8.10. The van der Waals surface area contributed by atoms with Crippen molar-refractivity contribution in [1.29, 1.82) is 0 Å². The number of guanidine groups is 1. The molecule has 1 saturated heterocycles. The van der Waals surface area contributed by atoms with E-state index in [4.69, 9.17) is 4.99 Å². The van der Waals surface area contributed by atoms with Gasteiger partial charge in [-0.3, -0.25) is 9.89 Å². The highest BCUT2D eigenvalue weighted by Gasteiger charge is 2.20. The number of aliphatic imine (C=N–C) groups is 1. The number of hydrogen-bond acceptors (Lipinski definition) is 5. The zero-order valence-electron chi connectivity index (χ0n) is 16.2. The fourth-order valence-electron chi connectivity index (χ4n) is 3.32. The van der Waals surface area contributed by atoms with Crippen LogP contribution in [0.3, 0.4) is 0 Å². The van der Waals surface area contributed by atoms with Gasteiger partial charge in [-0.05, 0) is 55.0 Å². The minimum Gasteiger partial charge on any atom is -0.357 e. The molecular weight excluding hydrogens is 358 g/mol. The minimum absolute atomic E-state index is 0.513. The van der Waals surface area contributed by atoms with Gasteiger partial charge in [0, 0.05) is 45.3 Å². The van der Waals surface area contributed by atoms with Gasteiger partial charge in [0.15, 0.2) is 5.96 Å². The molecule has 0 spiro atoms. The third-order valence-electron chi connectivity index (χ3n) is 4.82. The van der Waals surface area contributed by atoms with E-state index >= 15 is 0 Å². The van der Waals surface area contributed by atoms with Gasteiger partial charge in [-0.25, -0.2) is 0 Å². The maximum absolute atomic E-state index is 4.75. The molecule has 148 valence electrons. The molecule has 3 heterocycles. The average Bonchev–Trinajstić information content (AvgIpc) is 3.37. The third kappa shape index (κ3) is 6.95. The van der Waals surface area contributed by atoms with E-state index in [1.165, 1.54) is 18.4 Å². The topological polar surface area (TPSA) is 70.4 Å². The lowest BCUT2D eigenvalue weighted by molar-refractivity contribution is 0.198. The Morgan fingerprint density at radius 3 is 2.78 bits per heavy atom. The highest BCUT2D eigenvalue weighted by atomic mass is 32.1. The number of nitrogens with zero attached hydrogens (tertiary/aromatic N) is 5. The molecule has 1 fully saturated rings. The molecular formula is C19H31N7S. The number of unbranched alkanes of at least 4 members (excludes halogenated alkanes) is 1. The lowest BCUT2D eigenvalue weighted by Gasteiger charge is -2.33. The molecule has 0 saturated carbocycles. The Morgan fingerprint density at radius 2 is 2.07 bits per heavy atom. The standard InChI is InChI=1S/C19H31N7S/c1-2-20-19(21-8-3-4-9-26-15-22-23-16-26)24-18-5-10-25(11-6-18)13-17-7-12-27-14-17/h7,12,14-16,18H,2-6,8-11,13H2,1H3,(H2,20,21,24). The van der Waals surface area contributed by atoms with Gasteiger partial charge in [-0.2, -0.15) is 11.3 Å². The van der Waals surface area contributed by atoms with Crippen molar-refractivity contribution in [2.24, 2.45) is 4.99 Å². The molecule has 0 atom stereocenters. The Hall–Kier alpha value is -1.93. The quantitative estimate of drug-likeness (QED) is 0.391. The van der Waals surface area contributed by atoms with Gasteiger partial charge in [-0.1, -0.05) is 0 Å². The van der Waals surface area contributed by atoms with Crippen LogP contribution in [0.4, 0.5) is 0 Å². The molecule has 7 nitrogen and oxygen atoms in total. The summed E-state index contributed by atoms with van der Waals surface area (Å²) >= 11 is 1.78. The van der Waals surface area contributed by atoms with Crippen LogP contribution in [-0.4, -0.2) is 57.8 Å². The van der Waals surface area contributed by atoms with Crippen molar-refractivity contribution in [3.8, 4) is 0 Å². The van der Waals surface area contributed by atoms with E-state index in [0.717, 1.165) is 58.1 Å². The second-order valence-electron chi connectivity index (χ2n) is 6.99. The predicted octanol–water partition coefficient (Wildman–Crippen LogP) is 2.34. The Morgan fingerprint density at radius 1 is 1.26 bits per heavy atom. The van der Waals surface area contributed by atoms with Crippen LogP contribution in [0.15, 0.2) is 34.5 Å². The number of aryl methyl sites for hydroxylation is 1. The molecule has 27 heavy (non-hydrogen) atoms. The summed E-state index contributed by atoms with van der Waals surface area (Å²) in [6.07, 6.45) is 8.01. The molecule has 2 aromatic heterocycles. The van der Waals surface area contributed by atoms with Gasteiger partial charge in [0.05, 0.1) is 0 Å². The molecule has 0 bridgehead atoms. The highest BCUT2D eigenvalue weighted by Crippen LogP contribution is 2.15. The largest absolute Gasteiger partial charge is 0.357 e. The van der Waals surface area contributed by atoms with Gasteiger partial charge in [-0.15, -0.1) is 10.2 Å². The number of thiophene rings is 1. The van der Waals surface area contributed by atoms with Crippen molar-refractivity contribution < 1.29 is 0 Å². The van der Waals surface area contributed by atoms with Crippen LogP contribution in [0.1, 0.15) is 38.2 Å². The van der Waals surface area contributed by atoms with Crippen molar-refractivity contribution in [2.75, 3.05) is 26.2 Å². The molecule has 0 unspecified atom stereocenters. The monoisotopic (exact) mass is 389 g/mol. The van der Waals surface area contributed by atoms with Crippen molar-refractivity contribution in [3.05, 3.63) is 35.0 Å². The summed E-state index contributed by atoms with van der Waals surface area (Å²) in [7, 11) is 0. The Labute approximate surface area is 165 Å². The molecule has 0 radical (unpaired) electrons. The average molecular weight is 390 g/mol. The summed E-state index contributed by atoms with van der Waals surface area (Å²) in [6, 6.07) is 2.74. The van der Waals surface area contributed by atoms with Crippen molar-refractivity contribution in [3.63, 3.8) is 0 Å². The predicted molar refractivity (Wildman–Crippen MR) is 111 cm³/mol. The normalized spacial score (nSPS) is 16.6. The first kappa shape index (κ1) is 19.8.